The van der Waals surface area contributed by atoms with Crippen molar-refractivity contribution in [2.45, 2.75) is 31.8 Å². The Morgan fingerprint density at radius 3 is 2.73 bits per heavy atom. The molecule has 2 aromatic heterocycles. The van der Waals surface area contributed by atoms with Crippen LogP contribution in [0.3, 0.4) is 0 Å². The molecule has 0 bridgehead atoms. The van der Waals surface area contributed by atoms with E-state index in [0.717, 1.165) is 16.7 Å². The number of benzene rings is 1. The van der Waals surface area contributed by atoms with Gasteiger partial charge < -0.3 is 15.2 Å². The monoisotopic (exact) mass is 448 g/mol. The van der Waals surface area contributed by atoms with Crippen LogP contribution in [0.5, 0.6) is 0 Å². The average Bonchev–Trinajstić information content (AvgIpc) is 3.36. The van der Waals surface area contributed by atoms with Crippen LogP contribution in [0, 0.1) is 0 Å². The summed E-state index contributed by atoms with van der Waals surface area (Å²) in [7, 11) is 0. The van der Waals surface area contributed by atoms with Gasteiger partial charge in [-0.1, -0.05) is 40.5 Å². The summed E-state index contributed by atoms with van der Waals surface area (Å²) in [6.07, 6.45) is 3.09. The lowest BCUT2D eigenvalue weighted by Crippen LogP contribution is -2.28. The second-order valence-corrected chi connectivity index (χ2v) is 7.73. The van der Waals surface area contributed by atoms with Crippen LogP contribution in [-0.4, -0.2) is 38.4 Å². The van der Waals surface area contributed by atoms with Crippen LogP contribution in [0.2, 0.25) is 10.0 Å². The third kappa shape index (κ3) is 4.80. The molecule has 1 saturated heterocycles. The Kier molecular flexibility index (Phi) is 6.01. The standard InChI is InChI=1S/C19H18Cl2N6O3/c20-12-4-1-11(2-5-12)3-6-15-25-17(30-26-15)10-27-19(29)18(21)14(9-23-27)24-13-7-16(28)22-8-13/h1-2,4-5,9,13,24H,3,6-8,10H2,(H,22,28). The first-order valence-electron chi connectivity index (χ1n) is 9.32. The van der Waals surface area contributed by atoms with Crippen LogP contribution < -0.4 is 16.2 Å². The second-order valence-electron chi connectivity index (χ2n) is 6.92. The highest BCUT2D eigenvalue weighted by molar-refractivity contribution is 6.33. The van der Waals surface area contributed by atoms with Crippen molar-refractivity contribution in [1.82, 2.24) is 25.2 Å². The van der Waals surface area contributed by atoms with E-state index in [0.29, 0.717) is 35.9 Å². The van der Waals surface area contributed by atoms with Crippen LogP contribution in [0.15, 0.2) is 39.8 Å². The van der Waals surface area contributed by atoms with Crippen molar-refractivity contribution in [1.29, 1.82) is 0 Å². The topological polar surface area (TPSA) is 115 Å². The smallest absolute Gasteiger partial charge is 0.288 e. The van der Waals surface area contributed by atoms with E-state index in [-0.39, 0.29) is 29.4 Å². The van der Waals surface area contributed by atoms with Crippen molar-refractivity contribution in [2.75, 3.05) is 11.9 Å². The van der Waals surface area contributed by atoms with Gasteiger partial charge in [0, 0.05) is 24.4 Å². The predicted molar refractivity (Wildman–Crippen MR) is 111 cm³/mol. The fourth-order valence-electron chi connectivity index (χ4n) is 3.10. The van der Waals surface area contributed by atoms with E-state index in [1.165, 1.54) is 6.20 Å². The minimum absolute atomic E-state index is 0.00757. The molecule has 1 fully saturated rings. The third-order valence-corrected chi connectivity index (χ3v) is 5.28. The minimum atomic E-state index is -0.486. The summed E-state index contributed by atoms with van der Waals surface area (Å²) in [4.78, 5) is 28.1. The van der Waals surface area contributed by atoms with Crippen molar-refractivity contribution >= 4 is 34.8 Å². The number of carbonyl (C=O) groups is 1. The molecule has 1 unspecified atom stereocenters. The minimum Gasteiger partial charge on any atom is -0.377 e. The largest absolute Gasteiger partial charge is 0.377 e. The van der Waals surface area contributed by atoms with E-state index in [1.54, 1.807) is 0 Å². The molecule has 30 heavy (non-hydrogen) atoms. The van der Waals surface area contributed by atoms with Crippen molar-refractivity contribution in [3.05, 3.63) is 68.1 Å². The fourth-order valence-corrected chi connectivity index (χ4v) is 3.42. The molecule has 11 heteroatoms. The summed E-state index contributed by atoms with van der Waals surface area (Å²) in [6, 6.07) is 7.43. The lowest BCUT2D eigenvalue weighted by molar-refractivity contribution is -0.119. The van der Waals surface area contributed by atoms with E-state index in [1.807, 2.05) is 24.3 Å². The van der Waals surface area contributed by atoms with E-state index in [2.05, 4.69) is 25.9 Å². The van der Waals surface area contributed by atoms with Gasteiger partial charge in [0.2, 0.25) is 11.8 Å². The van der Waals surface area contributed by atoms with Crippen LogP contribution >= 0.6 is 23.2 Å². The summed E-state index contributed by atoms with van der Waals surface area (Å²) in [5.41, 5.74) is 1.01. The molecule has 2 N–H and O–H groups in total. The van der Waals surface area contributed by atoms with Gasteiger partial charge in [-0.15, -0.1) is 0 Å². The first kappa shape index (κ1) is 20.4. The summed E-state index contributed by atoms with van der Waals surface area (Å²) in [5, 5.41) is 14.5. The Morgan fingerprint density at radius 2 is 2.00 bits per heavy atom. The molecular formula is C19H18Cl2N6O3. The highest BCUT2D eigenvalue weighted by atomic mass is 35.5. The molecular weight excluding hydrogens is 431 g/mol. The number of anilines is 1. The van der Waals surface area contributed by atoms with Crippen molar-refractivity contribution < 1.29 is 9.32 Å². The van der Waals surface area contributed by atoms with Crippen LogP contribution in [-0.2, 0) is 24.2 Å². The lowest BCUT2D eigenvalue weighted by atomic mass is 10.1. The number of aromatic nitrogens is 4. The maximum absolute atomic E-state index is 12.5. The fraction of sp³-hybridized carbons (Fsp3) is 0.316. The van der Waals surface area contributed by atoms with Crippen LogP contribution in [0.4, 0.5) is 5.69 Å². The Morgan fingerprint density at radius 1 is 1.20 bits per heavy atom. The molecule has 156 valence electrons. The lowest BCUT2D eigenvalue weighted by Gasteiger charge is -2.13. The molecule has 1 amide bonds. The summed E-state index contributed by atoms with van der Waals surface area (Å²) in [5.74, 6) is 0.752. The molecule has 3 heterocycles. The van der Waals surface area contributed by atoms with Gasteiger partial charge in [-0.25, -0.2) is 4.68 Å². The Balaban J connectivity index is 1.39. The zero-order valence-corrected chi connectivity index (χ0v) is 17.3. The Hall–Kier alpha value is -2.91. The van der Waals surface area contributed by atoms with E-state index >= 15 is 0 Å². The first-order valence-corrected chi connectivity index (χ1v) is 10.1. The Labute approximate surface area is 181 Å². The second kappa shape index (κ2) is 8.85. The molecule has 0 aliphatic carbocycles. The molecule has 0 spiro atoms. The van der Waals surface area contributed by atoms with Gasteiger partial charge in [0.1, 0.15) is 11.6 Å². The molecule has 4 rings (SSSR count). The summed E-state index contributed by atoms with van der Waals surface area (Å²) in [6.45, 7) is 0.481. The number of nitrogens with one attached hydrogen (secondary N) is 2. The number of nitrogens with zero attached hydrogens (tertiary/aromatic N) is 4. The molecule has 1 aromatic carbocycles. The molecule has 9 nitrogen and oxygen atoms in total. The zero-order valence-electron chi connectivity index (χ0n) is 15.8. The number of hydrogen-bond acceptors (Lipinski definition) is 7. The van der Waals surface area contributed by atoms with Crippen molar-refractivity contribution in [3.63, 3.8) is 0 Å². The van der Waals surface area contributed by atoms with Gasteiger partial charge in [0.05, 0.1) is 17.9 Å². The molecule has 0 radical (unpaired) electrons. The van der Waals surface area contributed by atoms with E-state index in [9.17, 15) is 9.59 Å². The molecule has 3 aromatic rings. The van der Waals surface area contributed by atoms with Crippen molar-refractivity contribution in [2.24, 2.45) is 0 Å². The number of aryl methyl sites for hydroxylation is 2. The molecule has 1 atom stereocenters. The third-order valence-electron chi connectivity index (χ3n) is 4.67. The number of rotatable bonds is 7. The Bertz CT molecular complexity index is 1110. The summed E-state index contributed by atoms with van der Waals surface area (Å²) < 4.78 is 6.39. The number of halogens is 2. The first-order chi connectivity index (χ1) is 14.5. The van der Waals surface area contributed by atoms with Gasteiger partial charge in [0.15, 0.2) is 5.82 Å². The predicted octanol–water partition coefficient (Wildman–Crippen LogP) is 2.07. The number of amides is 1. The van der Waals surface area contributed by atoms with Gasteiger partial charge >= 0.3 is 0 Å². The maximum Gasteiger partial charge on any atom is 0.288 e. The number of carbonyl (C=O) groups excluding carboxylic acids is 1. The van der Waals surface area contributed by atoms with Crippen LogP contribution in [0.25, 0.3) is 0 Å². The van der Waals surface area contributed by atoms with E-state index in [4.69, 9.17) is 27.7 Å². The van der Waals surface area contributed by atoms with Gasteiger partial charge in [-0.05, 0) is 24.1 Å². The highest BCUT2D eigenvalue weighted by Gasteiger charge is 2.23. The molecule has 1 aliphatic heterocycles. The molecule has 1 aliphatic rings. The SMILES string of the molecule is O=C1CC(Nc2cnn(Cc3nc(CCc4ccc(Cl)cc4)no3)c(=O)c2Cl)CN1. The van der Waals surface area contributed by atoms with Gasteiger partial charge in [0.25, 0.3) is 5.56 Å². The van der Waals surface area contributed by atoms with Gasteiger partial charge in [-0.2, -0.15) is 10.1 Å². The zero-order chi connectivity index (χ0) is 21.1. The summed E-state index contributed by atoms with van der Waals surface area (Å²) >= 11 is 12.1. The highest BCUT2D eigenvalue weighted by Crippen LogP contribution is 2.18. The normalized spacial score (nSPS) is 15.9. The van der Waals surface area contributed by atoms with Gasteiger partial charge in [-0.3, -0.25) is 9.59 Å². The van der Waals surface area contributed by atoms with Crippen LogP contribution in [0.1, 0.15) is 23.7 Å². The number of hydrogen-bond donors (Lipinski definition) is 2. The van der Waals surface area contributed by atoms with Crippen molar-refractivity contribution in [3.8, 4) is 0 Å². The van der Waals surface area contributed by atoms with E-state index < -0.39 is 5.56 Å². The maximum atomic E-state index is 12.5. The molecule has 0 saturated carbocycles. The average molecular weight is 449 g/mol. The quantitative estimate of drug-likeness (QED) is 0.568.